The fourth-order valence-corrected chi connectivity index (χ4v) is 2.50. The van der Waals surface area contributed by atoms with Gasteiger partial charge in [0.25, 0.3) is 0 Å². The number of aliphatic hydroxyl groups is 1. The predicted octanol–water partition coefficient (Wildman–Crippen LogP) is 5.42. The first-order valence-corrected chi connectivity index (χ1v) is 8.17. The van der Waals surface area contributed by atoms with Gasteiger partial charge in [0.1, 0.15) is 0 Å². The van der Waals surface area contributed by atoms with E-state index in [9.17, 15) is 0 Å². The minimum absolute atomic E-state index is 0.363. The Bertz CT molecular complexity index is 165. The van der Waals surface area contributed by atoms with Gasteiger partial charge in [-0.25, -0.2) is 0 Å². The van der Waals surface area contributed by atoms with E-state index in [1.165, 1.54) is 51.4 Å². The molecule has 1 nitrogen and oxygen atoms in total. The molecule has 0 saturated carbocycles. The molecule has 0 bridgehead atoms. The lowest BCUT2D eigenvalue weighted by Crippen LogP contribution is -2.01. The van der Waals surface area contributed by atoms with Crippen molar-refractivity contribution in [2.24, 2.45) is 17.8 Å². The van der Waals surface area contributed by atoms with Crippen LogP contribution >= 0.6 is 0 Å². The Balaban J connectivity index is 3.35. The average Bonchev–Trinajstić information content (AvgIpc) is 2.32. The van der Waals surface area contributed by atoms with Gasteiger partial charge in [0.15, 0.2) is 0 Å². The number of hydrogen-bond donors (Lipinski definition) is 1. The summed E-state index contributed by atoms with van der Waals surface area (Å²) in [7, 11) is 0. The van der Waals surface area contributed by atoms with E-state index in [2.05, 4.69) is 27.7 Å². The van der Waals surface area contributed by atoms with E-state index in [1.807, 2.05) is 0 Å². The van der Waals surface area contributed by atoms with Crippen LogP contribution in [-0.4, -0.2) is 11.7 Å². The van der Waals surface area contributed by atoms with E-state index < -0.39 is 0 Å². The van der Waals surface area contributed by atoms with Gasteiger partial charge in [-0.05, 0) is 24.2 Å². The molecule has 0 aromatic rings. The van der Waals surface area contributed by atoms with Gasteiger partial charge in [-0.2, -0.15) is 0 Å². The third-order valence-electron chi connectivity index (χ3n) is 3.99. The molecule has 0 aromatic heterocycles. The van der Waals surface area contributed by atoms with Crippen LogP contribution in [0.5, 0.6) is 0 Å². The molecule has 0 rings (SSSR count). The molecule has 0 unspecified atom stereocenters. The Labute approximate surface area is 115 Å². The molecule has 0 amide bonds. The molecule has 0 saturated heterocycles. The van der Waals surface area contributed by atoms with E-state index in [0.717, 1.165) is 24.2 Å². The Morgan fingerprint density at radius 3 is 1.72 bits per heavy atom. The normalized spacial score (nSPS) is 15.0. The molecule has 18 heavy (non-hydrogen) atoms. The van der Waals surface area contributed by atoms with Crippen LogP contribution in [0.2, 0.25) is 0 Å². The zero-order chi connectivity index (χ0) is 13.8. The SMILES string of the molecule is CC(C)CC[C@@H](C)CCC[C@@H](C)CCCCCO. The first-order valence-electron chi connectivity index (χ1n) is 8.17. The Morgan fingerprint density at radius 2 is 1.17 bits per heavy atom. The lowest BCUT2D eigenvalue weighted by atomic mass is 9.91. The van der Waals surface area contributed by atoms with Gasteiger partial charge in [-0.15, -0.1) is 0 Å². The standard InChI is InChI=1S/C17H36O/c1-15(2)12-13-17(4)11-8-10-16(3)9-6-5-7-14-18/h15-18H,5-14H2,1-4H3/t16-,17-/m0/s1. The van der Waals surface area contributed by atoms with Crippen molar-refractivity contribution in [3.8, 4) is 0 Å². The van der Waals surface area contributed by atoms with Crippen LogP contribution in [0, 0.1) is 17.8 Å². The zero-order valence-corrected chi connectivity index (χ0v) is 13.3. The van der Waals surface area contributed by atoms with Crippen LogP contribution in [0.3, 0.4) is 0 Å². The van der Waals surface area contributed by atoms with Gasteiger partial charge < -0.3 is 5.11 Å². The Morgan fingerprint density at radius 1 is 0.611 bits per heavy atom. The highest BCUT2D eigenvalue weighted by Crippen LogP contribution is 2.21. The van der Waals surface area contributed by atoms with Gasteiger partial charge in [0.2, 0.25) is 0 Å². The second-order valence-corrected chi connectivity index (χ2v) is 6.69. The van der Waals surface area contributed by atoms with Crippen molar-refractivity contribution < 1.29 is 5.11 Å². The summed E-state index contributed by atoms with van der Waals surface area (Å²) in [4.78, 5) is 0. The fraction of sp³-hybridized carbons (Fsp3) is 1.00. The van der Waals surface area contributed by atoms with E-state index in [1.54, 1.807) is 0 Å². The van der Waals surface area contributed by atoms with E-state index in [0.29, 0.717) is 6.61 Å². The van der Waals surface area contributed by atoms with Crippen LogP contribution in [0.25, 0.3) is 0 Å². The van der Waals surface area contributed by atoms with Gasteiger partial charge >= 0.3 is 0 Å². The van der Waals surface area contributed by atoms with Crippen molar-refractivity contribution in [3.63, 3.8) is 0 Å². The maximum Gasteiger partial charge on any atom is 0.0431 e. The van der Waals surface area contributed by atoms with Crippen molar-refractivity contribution in [1.82, 2.24) is 0 Å². The zero-order valence-electron chi connectivity index (χ0n) is 13.3. The van der Waals surface area contributed by atoms with Gasteiger partial charge in [0.05, 0.1) is 0 Å². The highest BCUT2D eigenvalue weighted by molar-refractivity contribution is 4.59. The van der Waals surface area contributed by atoms with Crippen LogP contribution in [-0.2, 0) is 0 Å². The highest BCUT2D eigenvalue weighted by atomic mass is 16.2. The first kappa shape index (κ1) is 18.0. The van der Waals surface area contributed by atoms with Crippen LogP contribution < -0.4 is 0 Å². The van der Waals surface area contributed by atoms with Crippen LogP contribution in [0.1, 0.15) is 85.5 Å². The van der Waals surface area contributed by atoms with E-state index in [4.69, 9.17) is 5.11 Å². The lowest BCUT2D eigenvalue weighted by Gasteiger charge is -2.15. The second kappa shape index (κ2) is 12.0. The molecule has 110 valence electrons. The molecular weight excluding hydrogens is 220 g/mol. The molecule has 0 aromatic carbocycles. The summed E-state index contributed by atoms with van der Waals surface area (Å²) >= 11 is 0. The topological polar surface area (TPSA) is 20.2 Å². The van der Waals surface area contributed by atoms with Crippen LogP contribution in [0.4, 0.5) is 0 Å². The maximum absolute atomic E-state index is 8.72. The summed E-state index contributed by atoms with van der Waals surface area (Å²) in [5.41, 5.74) is 0. The van der Waals surface area contributed by atoms with Crippen LogP contribution in [0.15, 0.2) is 0 Å². The van der Waals surface area contributed by atoms with Gasteiger partial charge in [-0.1, -0.05) is 79.1 Å². The summed E-state index contributed by atoms with van der Waals surface area (Å²) < 4.78 is 0. The third-order valence-corrected chi connectivity index (χ3v) is 3.99. The van der Waals surface area contributed by atoms with Crippen molar-refractivity contribution >= 4 is 0 Å². The Hall–Kier alpha value is -0.0400. The molecule has 0 spiro atoms. The summed E-state index contributed by atoms with van der Waals surface area (Å²) in [5, 5.41) is 8.72. The number of rotatable bonds is 12. The monoisotopic (exact) mass is 256 g/mol. The minimum Gasteiger partial charge on any atom is -0.396 e. The smallest absolute Gasteiger partial charge is 0.0431 e. The number of unbranched alkanes of at least 4 members (excludes halogenated alkanes) is 2. The molecule has 2 atom stereocenters. The van der Waals surface area contributed by atoms with Gasteiger partial charge in [0, 0.05) is 6.61 Å². The summed E-state index contributed by atoms with van der Waals surface area (Å²) in [6.07, 6.45) is 11.8. The minimum atomic E-state index is 0.363. The average molecular weight is 256 g/mol. The molecule has 0 aliphatic carbocycles. The molecule has 0 heterocycles. The van der Waals surface area contributed by atoms with Crippen molar-refractivity contribution in [2.75, 3.05) is 6.61 Å². The molecule has 0 radical (unpaired) electrons. The predicted molar refractivity (Wildman–Crippen MR) is 81.8 cm³/mol. The van der Waals surface area contributed by atoms with Crippen molar-refractivity contribution in [3.05, 3.63) is 0 Å². The summed E-state index contributed by atoms with van der Waals surface area (Å²) in [5.74, 6) is 2.65. The highest BCUT2D eigenvalue weighted by Gasteiger charge is 2.06. The maximum atomic E-state index is 8.72. The third kappa shape index (κ3) is 12.4. The van der Waals surface area contributed by atoms with E-state index >= 15 is 0 Å². The summed E-state index contributed by atoms with van der Waals surface area (Å²) in [6.45, 7) is 9.80. The number of hydrogen-bond acceptors (Lipinski definition) is 1. The fourth-order valence-electron chi connectivity index (χ4n) is 2.50. The first-order chi connectivity index (χ1) is 8.56. The second-order valence-electron chi connectivity index (χ2n) is 6.69. The Kier molecular flexibility index (Phi) is 12.0. The molecule has 0 aliphatic heterocycles. The summed E-state index contributed by atoms with van der Waals surface area (Å²) in [6, 6.07) is 0. The number of aliphatic hydroxyl groups excluding tert-OH is 1. The van der Waals surface area contributed by atoms with Crippen molar-refractivity contribution in [2.45, 2.75) is 85.5 Å². The molecule has 0 aliphatic rings. The molecular formula is C17H36O. The van der Waals surface area contributed by atoms with E-state index in [-0.39, 0.29) is 0 Å². The quantitative estimate of drug-likeness (QED) is 0.462. The molecule has 1 N–H and O–H groups in total. The molecule has 1 heteroatoms. The largest absolute Gasteiger partial charge is 0.396 e. The van der Waals surface area contributed by atoms with Gasteiger partial charge in [-0.3, -0.25) is 0 Å². The lowest BCUT2D eigenvalue weighted by molar-refractivity contribution is 0.280. The van der Waals surface area contributed by atoms with Crippen molar-refractivity contribution in [1.29, 1.82) is 0 Å². The molecule has 0 fully saturated rings.